The van der Waals surface area contributed by atoms with Gasteiger partial charge in [0.25, 0.3) is 0 Å². The maximum absolute atomic E-state index is 12.1. The van der Waals surface area contributed by atoms with Gasteiger partial charge in [-0.2, -0.15) is 0 Å². The Morgan fingerprint density at radius 3 is 1.11 bits per heavy atom. The number of carbonyl (C=O) groups excluding carboxylic acids is 1. The molecule has 0 aromatic carbocycles. The number of esters is 1. The second-order valence-electron chi connectivity index (χ2n) is 16.7. The van der Waals surface area contributed by atoms with E-state index in [4.69, 9.17) is 4.74 Å². The maximum Gasteiger partial charge on any atom is 0.336 e. The van der Waals surface area contributed by atoms with Crippen molar-refractivity contribution in [1.29, 1.82) is 0 Å². The Hall–Kier alpha value is -2.42. The van der Waals surface area contributed by atoms with Crippen LogP contribution in [0.25, 0.3) is 0 Å². The molecule has 0 N–H and O–H groups in total. The molecule has 3 aliphatic carbocycles. The Labute approximate surface area is 350 Å². The monoisotopic (exact) mass is 808 g/mol. The number of fused-ring (bicyclic) bond motifs is 5. The van der Waals surface area contributed by atoms with Crippen molar-refractivity contribution in [3.8, 4) is 0 Å². The van der Waals surface area contributed by atoms with Crippen molar-refractivity contribution in [3.63, 3.8) is 0 Å². The highest BCUT2D eigenvalue weighted by molar-refractivity contribution is 5.80. The van der Waals surface area contributed by atoms with Gasteiger partial charge in [0.2, 0.25) is 0 Å². The van der Waals surface area contributed by atoms with Crippen LogP contribution in [0.4, 0.5) is 0 Å². The van der Waals surface area contributed by atoms with Crippen LogP contribution in [0.1, 0.15) is 199 Å². The van der Waals surface area contributed by atoms with Gasteiger partial charge in [-0.1, -0.05) is 116 Å². The molecule has 3 saturated carbocycles. The zero-order valence-electron chi connectivity index (χ0n) is 39.9. The number of aromatic nitrogens is 3. The SMILES string of the molecule is C1CC2C3CCC(C3)C2C1.C=CC(=O)OC.CCC.CCC.CCC(CC)(CC)COCC(CC)(CC)CC.CCCn1c(=O)n(CCC)c(=O)n(CCC)c1=O. The standard InChI is InChI=1S/C16H34O.C12H21N3O3.C10H16.C4H6O2.2C3H8/c1-7-15(8-2,9-3)13-17-14-16(10-4,11-5)12-6;1-4-7-13-10(16)14(8-5-2)12(18)15(9-6-3)11(13)17;1-2-9-7-4-5-8(6-7)10(9)3-1;1-3-4(5)6-2;2*1-3-2/h7-14H2,1-6H3;4-9H2,1-3H3;7-10H,1-6H2;3H,1H2,2H3;2*3H2,1-2H3. The predicted octanol–water partition coefficient (Wildman–Crippen LogP) is 11.8. The minimum absolute atomic E-state index is 0.353. The van der Waals surface area contributed by atoms with E-state index in [1.165, 1.54) is 82.1 Å². The third-order valence-electron chi connectivity index (χ3n) is 12.8. The molecule has 336 valence electrons. The van der Waals surface area contributed by atoms with Crippen LogP contribution in [-0.4, -0.2) is 40.0 Å². The molecular formula is C48H93N3O6. The number of rotatable bonds is 17. The normalized spacial score (nSPS) is 18.8. The summed E-state index contributed by atoms with van der Waals surface area (Å²) in [4.78, 5) is 46.0. The average molecular weight is 808 g/mol. The summed E-state index contributed by atoms with van der Waals surface area (Å²) < 4.78 is 13.7. The molecule has 1 heterocycles. The van der Waals surface area contributed by atoms with Gasteiger partial charge in [0.05, 0.1) is 20.3 Å². The molecular weight excluding hydrogens is 715 g/mol. The van der Waals surface area contributed by atoms with Crippen molar-refractivity contribution < 1.29 is 14.3 Å². The molecule has 0 saturated heterocycles. The van der Waals surface area contributed by atoms with E-state index in [0.29, 0.717) is 49.7 Å². The third-order valence-corrected chi connectivity index (χ3v) is 12.8. The van der Waals surface area contributed by atoms with Crippen molar-refractivity contribution in [2.24, 2.45) is 34.5 Å². The summed E-state index contributed by atoms with van der Waals surface area (Å²) in [6.45, 7) is 34.1. The van der Waals surface area contributed by atoms with Crippen LogP contribution in [0.3, 0.4) is 0 Å². The number of hydrogen-bond donors (Lipinski definition) is 0. The fourth-order valence-corrected chi connectivity index (χ4v) is 8.63. The van der Waals surface area contributed by atoms with Crippen molar-refractivity contribution in [2.45, 2.75) is 219 Å². The van der Waals surface area contributed by atoms with Crippen LogP contribution in [0.15, 0.2) is 27.0 Å². The summed E-state index contributed by atoms with van der Waals surface area (Å²) in [7, 11) is 1.31. The Kier molecular flexibility index (Phi) is 32.3. The smallest absolute Gasteiger partial charge is 0.336 e. The Morgan fingerprint density at radius 1 is 0.596 bits per heavy atom. The van der Waals surface area contributed by atoms with E-state index in [2.05, 4.69) is 80.6 Å². The first kappa shape index (κ1) is 56.7. The number of carbonyl (C=O) groups is 1. The summed E-state index contributed by atoms with van der Waals surface area (Å²) >= 11 is 0. The lowest BCUT2D eigenvalue weighted by Crippen LogP contribution is -2.54. The molecule has 2 bridgehead atoms. The average Bonchev–Trinajstić information content (AvgIpc) is 3.99. The van der Waals surface area contributed by atoms with Gasteiger partial charge in [0.15, 0.2) is 0 Å². The fraction of sp³-hybridized carbons (Fsp3) is 0.875. The molecule has 9 nitrogen and oxygen atoms in total. The Bertz CT molecular complexity index is 1190. The molecule has 4 atom stereocenters. The van der Waals surface area contributed by atoms with Crippen molar-refractivity contribution >= 4 is 5.97 Å². The quantitative estimate of drug-likeness (QED) is 0.115. The molecule has 3 aliphatic rings. The molecule has 9 heteroatoms. The van der Waals surface area contributed by atoms with Crippen molar-refractivity contribution in [3.05, 3.63) is 44.1 Å². The summed E-state index contributed by atoms with van der Waals surface area (Å²) in [5.41, 5.74) is -0.620. The van der Waals surface area contributed by atoms with Crippen LogP contribution < -0.4 is 17.1 Å². The molecule has 57 heavy (non-hydrogen) atoms. The summed E-state index contributed by atoms with van der Waals surface area (Å²) in [5.74, 6) is 4.41. The highest BCUT2D eigenvalue weighted by Gasteiger charge is 2.48. The van der Waals surface area contributed by atoms with Crippen molar-refractivity contribution in [2.75, 3.05) is 20.3 Å². The van der Waals surface area contributed by atoms with Crippen LogP contribution in [0, 0.1) is 34.5 Å². The fourth-order valence-electron chi connectivity index (χ4n) is 8.63. The largest absolute Gasteiger partial charge is 0.466 e. The van der Waals surface area contributed by atoms with E-state index in [0.717, 1.165) is 33.0 Å². The topological polar surface area (TPSA) is 102 Å². The van der Waals surface area contributed by atoms with E-state index in [1.54, 1.807) is 38.5 Å². The predicted molar refractivity (Wildman–Crippen MR) is 243 cm³/mol. The Balaban J connectivity index is 0. The molecule has 0 spiro atoms. The molecule has 4 rings (SSSR count). The first-order valence-electron chi connectivity index (χ1n) is 23.5. The Morgan fingerprint density at radius 2 is 0.895 bits per heavy atom. The van der Waals surface area contributed by atoms with E-state index < -0.39 is 23.0 Å². The molecule has 0 radical (unpaired) electrons. The number of hydrogen-bond acceptors (Lipinski definition) is 6. The molecule has 4 unspecified atom stereocenters. The summed E-state index contributed by atoms with van der Waals surface area (Å²) in [6, 6.07) is 0. The highest BCUT2D eigenvalue weighted by atomic mass is 16.5. The molecule has 1 aromatic heterocycles. The van der Waals surface area contributed by atoms with Gasteiger partial charge < -0.3 is 9.47 Å². The zero-order chi connectivity index (χ0) is 44.0. The molecule has 1 aromatic rings. The van der Waals surface area contributed by atoms with Gasteiger partial charge in [-0.25, -0.2) is 32.9 Å². The van der Waals surface area contributed by atoms with Crippen molar-refractivity contribution in [1.82, 2.24) is 13.7 Å². The number of nitrogens with zero attached hydrogens (tertiary/aromatic N) is 3. The van der Waals surface area contributed by atoms with Gasteiger partial charge in [-0.05, 0) is 124 Å². The number of methoxy groups -OCH3 is 1. The minimum atomic E-state index is -0.485. The third kappa shape index (κ3) is 18.6. The summed E-state index contributed by atoms with van der Waals surface area (Å²) in [5, 5.41) is 0. The first-order valence-corrected chi connectivity index (χ1v) is 23.5. The van der Waals surface area contributed by atoms with Gasteiger partial charge in [-0.15, -0.1) is 0 Å². The van der Waals surface area contributed by atoms with Crippen LogP contribution in [0.2, 0.25) is 0 Å². The minimum Gasteiger partial charge on any atom is -0.466 e. The molecule has 0 amide bonds. The van der Waals surface area contributed by atoms with Crippen LogP contribution in [-0.2, 0) is 33.9 Å². The van der Waals surface area contributed by atoms with Gasteiger partial charge in [-0.3, -0.25) is 0 Å². The second-order valence-corrected chi connectivity index (χ2v) is 16.7. The van der Waals surface area contributed by atoms with Crippen LogP contribution >= 0.6 is 0 Å². The first-order chi connectivity index (χ1) is 27.2. The zero-order valence-corrected chi connectivity index (χ0v) is 39.9. The van der Waals surface area contributed by atoms with Crippen LogP contribution in [0.5, 0.6) is 0 Å². The number of ether oxygens (including phenoxy) is 2. The lowest BCUT2D eigenvalue weighted by atomic mass is 9.79. The highest BCUT2D eigenvalue weighted by Crippen LogP contribution is 2.58. The van der Waals surface area contributed by atoms with Gasteiger partial charge in [0.1, 0.15) is 0 Å². The lowest BCUT2D eigenvalue weighted by molar-refractivity contribution is -0.134. The maximum atomic E-state index is 12.1. The lowest BCUT2D eigenvalue weighted by Gasteiger charge is -2.34. The van der Waals surface area contributed by atoms with E-state index in [9.17, 15) is 19.2 Å². The molecule has 3 fully saturated rings. The van der Waals surface area contributed by atoms with E-state index >= 15 is 0 Å². The van der Waals surface area contributed by atoms with Gasteiger partial charge >= 0.3 is 23.0 Å². The summed E-state index contributed by atoms with van der Waals surface area (Å²) in [6.07, 6.45) is 22.6. The van der Waals surface area contributed by atoms with E-state index in [1.807, 2.05) is 20.8 Å². The second kappa shape index (κ2) is 32.4. The van der Waals surface area contributed by atoms with E-state index in [-0.39, 0.29) is 0 Å². The van der Waals surface area contributed by atoms with Gasteiger partial charge in [0, 0.05) is 25.7 Å². The molecule has 0 aliphatic heterocycles.